The highest BCUT2D eigenvalue weighted by atomic mass is 16.5. The van der Waals surface area contributed by atoms with Crippen LogP contribution in [0.4, 0.5) is 0 Å². The van der Waals surface area contributed by atoms with E-state index in [1.807, 2.05) is 6.92 Å². The fourth-order valence-electron chi connectivity index (χ4n) is 0.964. The van der Waals surface area contributed by atoms with Crippen molar-refractivity contribution in [2.75, 3.05) is 39.6 Å². The van der Waals surface area contributed by atoms with E-state index >= 15 is 0 Å². The zero-order valence-corrected chi connectivity index (χ0v) is 9.58. The Kier molecular flexibility index (Phi) is 9.80. The summed E-state index contributed by atoms with van der Waals surface area (Å²) in [6.07, 6.45) is -1.69. The lowest BCUT2D eigenvalue weighted by Crippen LogP contribution is -2.24. The van der Waals surface area contributed by atoms with Crippen LogP contribution in [0.1, 0.15) is 6.92 Å². The van der Waals surface area contributed by atoms with Crippen molar-refractivity contribution in [3.63, 3.8) is 0 Å². The molecule has 6 heteroatoms. The Bertz CT molecular complexity index is 138. The minimum atomic E-state index is -0.843. The van der Waals surface area contributed by atoms with Gasteiger partial charge in [-0.3, -0.25) is 0 Å². The summed E-state index contributed by atoms with van der Waals surface area (Å²) in [4.78, 5) is 0. The van der Waals surface area contributed by atoms with Crippen LogP contribution >= 0.6 is 0 Å². The predicted octanol–water partition coefficient (Wildman–Crippen LogP) is -1.64. The van der Waals surface area contributed by atoms with Crippen LogP contribution in [0.5, 0.6) is 0 Å². The zero-order valence-electron chi connectivity index (χ0n) is 9.58. The second-order valence-electron chi connectivity index (χ2n) is 3.85. The lowest BCUT2D eigenvalue weighted by molar-refractivity contribution is -0.0315. The van der Waals surface area contributed by atoms with Gasteiger partial charge in [-0.15, -0.1) is 0 Å². The summed E-state index contributed by atoms with van der Waals surface area (Å²) >= 11 is 0. The van der Waals surface area contributed by atoms with Crippen molar-refractivity contribution in [1.82, 2.24) is 0 Å². The maximum Gasteiger partial charge on any atom is 0.100 e. The van der Waals surface area contributed by atoms with E-state index in [1.54, 1.807) is 0 Å². The van der Waals surface area contributed by atoms with Crippen LogP contribution in [-0.2, 0) is 9.47 Å². The fourth-order valence-corrected chi connectivity index (χ4v) is 0.964. The molecule has 2 unspecified atom stereocenters. The third-order valence-electron chi connectivity index (χ3n) is 1.85. The van der Waals surface area contributed by atoms with E-state index in [0.717, 1.165) is 0 Å². The molecule has 6 nitrogen and oxygen atoms in total. The Morgan fingerprint density at radius 3 is 1.50 bits per heavy atom. The lowest BCUT2D eigenvalue weighted by atomic mass is 10.2. The molecule has 0 fully saturated rings. The molecule has 2 atom stereocenters. The second-order valence-corrected chi connectivity index (χ2v) is 3.85. The van der Waals surface area contributed by atoms with Gasteiger partial charge in [-0.05, 0) is 0 Å². The number of rotatable bonds is 10. The van der Waals surface area contributed by atoms with Gasteiger partial charge in [0.25, 0.3) is 0 Å². The third-order valence-corrected chi connectivity index (χ3v) is 1.85. The molecule has 0 heterocycles. The fraction of sp³-hybridized carbons (Fsp3) is 1.00. The highest BCUT2D eigenvalue weighted by Crippen LogP contribution is 1.98. The first-order chi connectivity index (χ1) is 7.60. The summed E-state index contributed by atoms with van der Waals surface area (Å²) in [5.74, 6) is 0.122. The Morgan fingerprint density at radius 1 is 0.812 bits per heavy atom. The zero-order chi connectivity index (χ0) is 12.4. The molecule has 0 radical (unpaired) electrons. The van der Waals surface area contributed by atoms with Gasteiger partial charge in [0.05, 0.1) is 39.6 Å². The first-order valence-corrected chi connectivity index (χ1v) is 5.33. The molecular formula is C10H22O6. The first kappa shape index (κ1) is 15.8. The molecule has 0 amide bonds. The number of aliphatic hydroxyl groups excluding tert-OH is 4. The molecule has 0 saturated carbocycles. The minimum Gasteiger partial charge on any atom is -0.394 e. The Balaban J connectivity index is 3.34. The van der Waals surface area contributed by atoms with Gasteiger partial charge in [-0.2, -0.15) is 0 Å². The number of hydrogen-bond acceptors (Lipinski definition) is 6. The van der Waals surface area contributed by atoms with Crippen LogP contribution in [0.2, 0.25) is 0 Å². The van der Waals surface area contributed by atoms with E-state index in [4.69, 9.17) is 29.9 Å². The Morgan fingerprint density at radius 2 is 1.19 bits per heavy atom. The molecule has 0 saturated heterocycles. The van der Waals surface area contributed by atoms with E-state index in [1.165, 1.54) is 0 Å². The van der Waals surface area contributed by atoms with Gasteiger partial charge in [0.2, 0.25) is 0 Å². The topological polar surface area (TPSA) is 99.4 Å². The van der Waals surface area contributed by atoms with E-state index in [9.17, 15) is 0 Å². The van der Waals surface area contributed by atoms with Crippen molar-refractivity contribution in [1.29, 1.82) is 0 Å². The van der Waals surface area contributed by atoms with E-state index in [0.29, 0.717) is 13.2 Å². The lowest BCUT2D eigenvalue weighted by Gasteiger charge is -2.15. The van der Waals surface area contributed by atoms with Crippen LogP contribution < -0.4 is 0 Å². The molecule has 0 aromatic carbocycles. The molecule has 98 valence electrons. The normalized spacial score (nSPS) is 17.1. The highest BCUT2D eigenvalue weighted by molar-refractivity contribution is 4.54. The summed E-state index contributed by atoms with van der Waals surface area (Å²) in [5.41, 5.74) is 0. The predicted molar refractivity (Wildman–Crippen MR) is 57.0 cm³/mol. The molecule has 0 aromatic heterocycles. The molecule has 0 aliphatic heterocycles. The number of aliphatic hydroxyl groups is 4. The van der Waals surface area contributed by atoms with Gasteiger partial charge < -0.3 is 29.9 Å². The van der Waals surface area contributed by atoms with Gasteiger partial charge in [0.1, 0.15) is 12.2 Å². The smallest absolute Gasteiger partial charge is 0.100 e. The Labute approximate surface area is 95.4 Å². The second kappa shape index (κ2) is 9.95. The van der Waals surface area contributed by atoms with Gasteiger partial charge >= 0.3 is 0 Å². The third kappa shape index (κ3) is 9.02. The molecule has 4 N–H and O–H groups in total. The van der Waals surface area contributed by atoms with Crippen LogP contribution in [0.3, 0.4) is 0 Å². The number of hydrogen-bond donors (Lipinski definition) is 4. The SMILES string of the molecule is CC(COCC(O)CO)COCC(O)CO. The standard InChI is InChI=1S/C10H22O6/c1-8(4-15-6-9(13)2-11)5-16-7-10(14)3-12/h8-14H,2-7H2,1H3. The van der Waals surface area contributed by atoms with E-state index in [2.05, 4.69) is 0 Å². The molecular weight excluding hydrogens is 216 g/mol. The Hall–Kier alpha value is -0.240. The minimum absolute atomic E-state index is 0.0973. The molecule has 0 aliphatic carbocycles. The van der Waals surface area contributed by atoms with Crippen LogP contribution in [-0.4, -0.2) is 72.3 Å². The maximum absolute atomic E-state index is 8.98. The van der Waals surface area contributed by atoms with Crippen LogP contribution in [0.25, 0.3) is 0 Å². The summed E-state index contributed by atoms with van der Waals surface area (Å²) in [7, 11) is 0. The largest absolute Gasteiger partial charge is 0.394 e. The van der Waals surface area contributed by atoms with Crippen molar-refractivity contribution in [3.05, 3.63) is 0 Å². The number of ether oxygens (including phenoxy) is 2. The molecule has 0 bridgehead atoms. The monoisotopic (exact) mass is 238 g/mol. The van der Waals surface area contributed by atoms with Crippen LogP contribution in [0, 0.1) is 5.92 Å². The quantitative estimate of drug-likeness (QED) is 0.364. The molecule has 0 spiro atoms. The van der Waals surface area contributed by atoms with Gasteiger partial charge in [0, 0.05) is 5.92 Å². The van der Waals surface area contributed by atoms with Gasteiger partial charge in [0.15, 0.2) is 0 Å². The summed E-state index contributed by atoms with van der Waals surface area (Å²) in [6.45, 7) is 2.29. The van der Waals surface area contributed by atoms with Gasteiger partial charge in [-0.1, -0.05) is 6.92 Å². The average molecular weight is 238 g/mol. The van der Waals surface area contributed by atoms with Crippen molar-refractivity contribution in [2.45, 2.75) is 19.1 Å². The van der Waals surface area contributed by atoms with Crippen molar-refractivity contribution in [3.8, 4) is 0 Å². The summed E-state index contributed by atoms with van der Waals surface area (Å²) in [5, 5.41) is 35.0. The average Bonchev–Trinajstić information content (AvgIpc) is 2.28. The highest BCUT2D eigenvalue weighted by Gasteiger charge is 2.07. The van der Waals surface area contributed by atoms with Crippen molar-refractivity contribution < 1.29 is 29.9 Å². The molecule has 0 aliphatic rings. The van der Waals surface area contributed by atoms with Crippen LogP contribution in [0.15, 0.2) is 0 Å². The first-order valence-electron chi connectivity index (χ1n) is 5.33. The van der Waals surface area contributed by atoms with Crippen molar-refractivity contribution in [2.24, 2.45) is 5.92 Å². The summed E-state index contributed by atoms with van der Waals surface area (Å²) in [6, 6.07) is 0. The van der Waals surface area contributed by atoms with E-state index < -0.39 is 12.2 Å². The molecule has 16 heavy (non-hydrogen) atoms. The van der Waals surface area contributed by atoms with Crippen molar-refractivity contribution >= 4 is 0 Å². The molecule has 0 aromatic rings. The molecule has 0 rings (SSSR count). The maximum atomic E-state index is 8.98. The summed E-state index contributed by atoms with van der Waals surface area (Å²) < 4.78 is 10.3. The van der Waals surface area contributed by atoms with E-state index in [-0.39, 0.29) is 32.3 Å². The van der Waals surface area contributed by atoms with Gasteiger partial charge in [-0.25, -0.2) is 0 Å².